The second-order valence-electron chi connectivity index (χ2n) is 10.3. The SMILES string of the molecule is COc1cc(S(C)(=O)=O)ccc1NCC#Cc1cc(C(=O)NC2CCN(C)CC2C)c2ncn(CC(F)(F)F)c2c1. The zero-order valence-corrected chi connectivity index (χ0v) is 24.0. The second-order valence-corrected chi connectivity index (χ2v) is 12.3. The highest BCUT2D eigenvalue weighted by molar-refractivity contribution is 7.90. The fourth-order valence-corrected chi connectivity index (χ4v) is 5.51. The first-order valence-electron chi connectivity index (χ1n) is 12.9. The summed E-state index contributed by atoms with van der Waals surface area (Å²) in [7, 11) is 0.0141. The van der Waals surface area contributed by atoms with Crippen molar-refractivity contribution in [2.75, 3.05) is 45.4 Å². The van der Waals surface area contributed by atoms with Gasteiger partial charge in [0.15, 0.2) is 9.84 Å². The summed E-state index contributed by atoms with van der Waals surface area (Å²) in [5.41, 5.74) is 1.35. The molecule has 2 heterocycles. The highest BCUT2D eigenvalue weighted by Gasteiger charge is 2.30. The Morgan fingerprint density at radius 1 is 1.24 bits per heavy atom. The molecule has 2 atom stereocenters. The largest absolute Gasteiger partial charge is 0.495 e. The van der Waals surface area contributed by atoms with E-state index in [1.54, 1.807) is 6.07 Å². The molecule has 13 heteroatoms. The first-order valence-corrected chi connectivity index (χ1v) is 14.8. The molecule has 2 aromatic carbocycles. The van der Waals surface area contributed by atoms with Crippen LogP contribution in [-0.2, 0) is 16.4 Å². The third-order valence-corrected chi connectivity index (χ3v) is 8.06. The van der Waals surface area contributed by atoms with Gasteiger partial charge in [-0.3, -0.25) is 4.79 Å². The predicted molar refractivity (Wildman–Crippen MR) is 150 cm³/mol. The Balaban J connectivity index is 1.61. The van der Waals surface area contributed by atoms with E-state index < -0.39 is 28.5 Å². The Labute approximate surface area is 237 Å². The molecule has 1 aromatic heterocycles. The number of halogens is 3. The van der Waals surface area contributed by atoms with Crippen LogP contribution in [0.1, 0.15) is 29.3 Å². The number of benzene rings is 2. The van der Waals surface area contributed by atoms with Crippen LogP contribution in [0.15, 0.2) is 41.6 Å². The van der Waals surface area contributed by atoms with Gasteiger partial charge in [0.05, 0.1) is 41.6 Å². The highest BCUT2D eigenvalue weighted by Crippen LogP contribution is 2.28. The lowest BCUT2D eigenvalue weighted by atomic mass is 9.93. The van der Waals surface area contributed by atoms with Crippen LogP contribution in [0.4, 0.5) is 18.9 Å². The number of imidazole rings is 1. The molecule has 0 radical (unpaired) electrons. The van der Waals surface area contributed by atoms with Crippen molar-refractivity contribution < 1.29 is 31.1 Å². The van der Waals surface area contributed by atoms with Crippen molar-refractivity contribution in [3.05, 3.63) is 47.8 Å². The van der Waals surface area contributed by atoms with Gasteiger partial charge in [-0.2, -0.15) is 13.2 Å². The number of hydrogen-bond donors (Lipinski definition) is 2. The molecule has 0 bridgehead atoms. The van der Waals surface area contributed by atoms with Gasteiger partial charge in [-0.05, 0) is 50.2 Å². The molecule has 2 N–H and O–H groups in total. The number of nitrogens with zero attached hydrogens (tertiary/aromatic N) is 3. The summed E-state index contributed by atoms with van der Waals surface area (Å²) >= 11 is 0. The molecule has 1 aliphatic rings. The molecule has 220 valence electrons. The maximum atomic E-state index is 13.4. The first kappa shape index (κ1) is 30.2. The van der Waals surface area contributed by atoms with E-state index >= 15 is 0 Å². The third kappa shape index (κ3) is 7.51. The lowest BCUT2D eigenvalue weighted by molar-refractivity contribution is -0.139. The van der Waals surface area contributed by atoms with Crippen molar-refractivity contribution in [3.8, 4) is 17.6 Å². The normalized spacial score (nSPS) is 18.0. The van der Waals surface area contributed by atoms with Crippen molar-refractivity contribution in [1.82, 2.24) is 19.8 Å². The Bertz CT molecular complexity index is 1610. The fraction of sp³-hybridized carbons (Fsp3) is 0.429. The standard InChI is InChI=1S/C28H32F3N5O4S/c1-18-15-35(2)11-9-22(18)34-27(37)21-12-19(13-24-26(21)33-17-36(24)16-28(29,30)31)6-5-10-32-23-8-7-20(41(4,38)39)14-25(23)40-3/h7-8,12-14,17-18,22,32H,9-11,15-16H2,1-4H3,(H,34,37). The average Bonchev–Trinajstić information content (AvgIpc) is 3.28. The summed E-state index contributed by atoms with van der Waals surface area (Å²) in [6.45, 7) is 2.56. The Morgan fingerprint density at radius 3 is 2.66 bits per heavy atom. The number of carbonyl (C=O) groups is 1. The quantitative estimate of drug-likeness (QED) is 0.405. The number of likely N-dealkylation sites (tertiary alicyclic amines) is 1. The molecule has 1 fully saturated rings. The number of ether oxygens (including phenoxy) is 1. The molecule has 1 saturated heterocycles. The third-order valence-electron chi connectivity index (χ3n) is 6.95. The van der Waals surface area contributed by atoms with Gasteiger partial charge < -0.3 is 24.8 Å². The lowest BCUT2D eigenvalue weighted by Gasteiger charge is -2.35. The van der Waals surface area contributed by atoms with Crippen LogP contribution >= 0.6 is 0 Å². The molecule has 3 aromatic rings. The van der Waals surface area contributed by atoms with Crippen LogP contribution in [0.5, 0.6) is 5.75 Å². The molecule has 0 aliphatic carbocycles. The number of fused-ring (bicyclic) bond motifs is 1. The van der Waals surface area contributed by atoms with Gasteiger partial charge in [0.1, 0.15) is 17.8 Å². The minimum atomic E-state index is -4.48. The molecule has 1 amide bonds. The van der Waals surface area contributed by atoms with Gasteiger partial charge in [0, 0.05) is 30.5 Å². The second kappa shape index (κ2) is 12.0. The molecule has 1 aliphatic heterocycles. The van der Waals surface area contributed by atoms with Gasteiger partial charge in [-0.25, -0.2) is 13.4 Å². The Kier molecular flexibility index (Phi) is 8.84. The van der Waals surface area contributed by atoms with Crippen LogP contribution in [-0.4, -0.2) is 81.0 Å². The Morgan fingerprint density at radius 2 is 2.00 bits per heavy atom. The van der Waals surface area contributed by atoms with Crippen molar-refractivity contribution in [1.29, 1.82) is 0 Å². The summed E-state index contributed by atoms with van der Waals surface area (Å²) in [5.74, 6) is 5.93. The molecule has 0 spiro atoms. The van der Waals surface area contributed by atoms with E-state index in [1.807, 2.05) is 14.0 Å². The van der Waals surface area contributed by atoms with E-state index in [0.717, 1.165) is 36.7 Å². The number of amides is 1. The molecule has 2 unspecified atom stereocenters. The van der Waals surface area contributed by atoms with E-state index in [0.29, 0.717) is 17.0 Å². The number of anilines is 1. The van der Waals surface area contributed by atoms with Crippen LogP contribution in [0.3, 0.4) is 0 Å². The molecule has 41 heavy (non-hydrogen) atoms. The van der Waals surface area contributed by atoms with Crippen molar-refractivity contribution in [2.45, 2.75) is 37.0 Å². The smallest absolute Gasteiger partial charge is 0.406 e. The molecule has 4 rings (SSSR count). The summed E-state index contributed by atoms with van der Waals surface area (Å²) in [6, 6.07) is 7.35. The van der Waals surface area contributed by atoms with E-state index in [1.165, 1.54) is 31.4 Å². The zero-order chi connectivity index (χ0) is 29.9. The van der Waals surface area contributed by atoms with Gasteiger partial charge in [-0.15, -0.1) is 0 Å². The fourth-order valence-electron chi connectivity index (χ4n) is 4.88. The molecular weight excluding hydrogens is 559 g/mol. The number of sulfone groups is 1. The van der Waals surface area contributed by atoms with Crippen LogP contribution in [0, 0.1) is 17.8 Å². The van der Waals surface area contributed by atoms with E-state index in [4.69, 9.17) is 4.74 Å². The molecular formula is C28H32F3N5O4S. The van der Waals surface area contributed by atoms with Crippen LogP contribution in [0.2, 0.25) is 0 Å². The minimum Gasteiger partial charge on any atom is -0.495 e. The van der Waals surface area contributed by atoms with Crippen molar-refractivity contribution >= 4 is 32.5 Å². The maximum absolute atomic E-state index is 13.4. The Hall–Kier alpha value is -3.76. The van der Waals surface area contributed by atoms with E-state index in [-0.39, 0.29) is 40.0 Å². The van der Waals surface area contributed by atoms with Gasteiger partial charge in [0.2, 0.25) is 0 Å². The number of nitrogens with one attached hydrogen (secondary N) is 2. The number of methoxy groups -OCH3 is 1. The van der Waals surface area contributed by atoms with Crippen molar-refractivity contribution in [2.24, 2.45) is 5.92 Å². The lowest BCUT2D eigenvalue weighted by Crippen LogP contribution is -2.48. The van der Waals surface area contributed by atoms with E-state index in [2.05, 4.69) is 32.4 Å². The molecule has 9 nitrogen and oxygen atoms in total. The number of rotatable bonds is 7. The summed E-state index contributed by atoms with van der Waals surface area (Å²) in [5, 5.41) is 6.09. The van der Waals surface area contributed by atoms with Gasteiger partial charge in [0.25, 0.3) is 5.91 Å². The zero-order valence-electron chi connectivity index (χ0n) is 23.2. The number of piperidine rings is 1. The van der Waals surface area contributed by atoms with Crippen molar-refractivity contribution in [3.63, 3.8) is 0 Å². The average molecular weight is 592 g/mol. The first-order chi connectivity index (χ1) is 19.2. The highest BCUT2D eigenvalue weighted by atomic mass is 32.2. The minimum absolute atomic E-state index is 0.0750. The number of aromatic nitrogens is 2. The van der Waals surface area contributed by atoms with Crippen LogP contribution in [0.25, 0.3) is 11.0 Å². The summed E-state index contributed by atoms with van der Waals surface area (Å²) in [4.78, 5) is 19.8. The summed E-state index contributed by atoms with van der Waals surface area (Å²) in [6.07, 6.45) is -1.54. The van der Waals surface area contributed by atoms with Crippen LogP contribution < -0.4 is 15.4 Å². The maximum Gasteiger partial charge on any atom is 0.406 e. The number of hydrogen-bond acceptors (Lipinski definition) is 7. The molecule has 0 saturated carbocycles. The number of alkyl halides is 3. The van der Waals surface area contributed by atoms with Gasteiger partial charge >= 0.3 is 6.18 Å². The predicted octanol–water partition coefficient (Wildman–Crippen LogP) is 3.54. The topological polar surface area (TPSA) is 106 Å². The van der Waals surface area contributed by atoms with Gasteiger partial charge in [-0.1, -0.05) is 18.8 Å². The monoisotopic (exact) mass is 591 g/mol. The summed E-state index contributed by atoms with van der Waals surface area (Å²) < 4.78 is 69.6. The number of carbonyl (C=O) groups excluding carboxylic acids is 1. The van der Waals surface area contributed by atoms with E-state index in [9.17, 15) is 26.4 Å².